The number of halogens is 5. The van der Waals surface area contributed by atoms with Crippen LogP contribution < -0.4 is 9.64 Å². The Labute approximate surface area is 233 Å². The smallest absolute Gasteiger partial charge is 0.490 e. The number of likely N-dealkylation sites (tertiary alicyclic amines) is 1. The van der Waals surface area contributed by atoms with E-state index in [1.807, 2.05) is 59.3 Å². The predicted molar refractivity (Wildman–Crippen MR) is 143 cm³/mol. The maximum atomic E-state index is 13.2. The number of amides is 1. The third kappa shape index (κ3) is 7.26. The molecule has 1 saturated heterocycles. The number of alkyl halides is 3. The Kier molecular flexibility index (Phi) is 9.09. The topological polar surface area (TPSA) is 75.0 Å². The monoisotopic (exact) mass is 583 g/mol. The lowest BCUT2D eigenvalue weighted by Crippen LogP contribution is -2.39. The number of carboxylic acid groups (broad SMARTS) is 1. The molecule has 7 nitrogen and oxygen atoms in total. The minimum absolute atomic E-state index is 0.0322. The van der Waals surface area contributed by atoms with Gasteiger partial charge in [-0.15, -0.1) is 0 Å². The minimum Gasteiger partial charge on any atom is -0.491 e. The molecule has 2 aromatic carbocycles. The average Bonchev–Trinajstić information content (AvgIpc) is 3.56. The SMILES string of the molecule is O=C(O)C(F)(F)F.O=C1c2cc(-c3ccc(Cl)cc3)cn2CCN1c1ccc(OCCN2CCCC2)c(Cl)c1. The van der Waals surface area contributed by atoms with E-state index in [0.717, 1.165) is 43.0 Å². The number of carboxylic acids is 1. The van der Waals surface area contributed by atoms with Gasteiger partial charge in [-0.3, -0.25) is 9.69 Å². The molecule has 3 heterocycles. The molecule has 1 fully saturated rings. The molecule has 0 radical (unpaired) electrons. The van der Waals surface area contributed by atoms with Crippen molar-refractivity contribution in [2.75, 3.05) is 37.7 Å². The van der Waals surface area contributed by atoms with Gasteiger partial charge in [0.05, 0.1) is 5.02 Å². The Hall–Kier alpha value is -3.21. The van der Waals surface area contributed by atoms with Crippen molar-refractivity contribution in [1.82, 2.24) is 9.47 Å². The summed E-state index contributed by atoms with van der Waals surface area (Å²) in [7, 11) is 0. The second kappa shape index (κ2) is 12.3. The molecule has 1 aromatic heterocycles. The van der Waals surface area contributed by atoms with Crippen molar-refractivity contribution < 1.29 is 32.6 Å². The van der Waals surface area contributed by atoms with Gasteiger partial charge in [0.1, 0.15) is 18.1 Å². The highest BCUT2D eigenvalue weighted by atomic mass is 35.5. The van der Waals surface area contributed by atoms with Gasteiger partial charge >= 0.3 is 12.1 Å². The maximum Gasteiger partial charge on any atom is 0.490 e. The van der Waals surface area contributed by atoms with Crippen molar-refractivity contribution in [3.05, 3.63) is 70.5 Å². The van der Waals surface area contributed by atoms with E-state index < -0.39 is 12.1 Å². The van der Waals surface area contributed by atoms with Crippen LogP contribution in [0.5, 0.6) is 5.75 Å². The first-order valence-electron chi connectivity index (χ1n) is 12.3. The van der Waals surface area contributed by atoms with E-state index in [1.54, 1.807) is 4.90 Å². The fraction of sp³-hybridized carbons (Fsp3) is 0.333. The summed E-state index contributed by atoms with van der Waals surface area (Å²) in [5, 5.41) is 8.35. The average molecular weight is 584 g/mol. The molecule has 5 rings (SSSR count). The highest BCUT2D eigenvalue weighted by molar-refractivity contribution is 6.32. The Morgan fingerprint density at radius 1 is 0.949 bits per heavy atom. The molecule has 12 heteroatoms. The van der Waals surface area contributed by atoms with Gasteiger partial charge in [-0.25, -0.2) is 4.79 Å². The van der Waals surface area contributed by atoms with Crippen LogP contribution in [-0.4, -0.2) is 65.4 Å². The molecule has 39 heavy (non-hydrogen) atoms. The third-order valence-electron chi connectivity index (χ3n) is 6.44. The number of benzene rings is 2. The van der Waals surface area contributed by atoms with E-state index >= 15 is 0 Å². The first kappa shape index (κ1) is 28.8. The van der Waals surface area contributed by atoms with Crippen LogP contribution in [0.1, 0.15) is 23.3 Å². The van der Waals surface area contributed by atoms with Crippen LogP contribution in [0.3, 0.4) is 0 Å². The number of anilines is 1. The molecule has 0 saturated carbocycles. The third-order valence-corrected chi connectivity index (χ3v) is 6.98. The van der Waals surface area contributed by atoms with Crippen LogP contribution in [0.2, 0.25) is 10.0 Å². The molecular formula is C27H26Cl2F3N3O4. The van der Waals surface area contributed by atoms with Gasteiger partial charge in [0.2, 0.25) is 0 Å². The molecule has 2 aliphatic heterocycles. The van der Waals surface area contributed by atoms with Crippen LogP contribution >= 0.6 is 23.2 Å². The number of hydrogen-bond donors (Lipinski definition) is 1. The molecule has 0 atom stereocenters. The van der Waals surface area contributed by atoms with E-state index in [0.29, 0.717) is 34.6 Å². The summed E-state index contributed by atoms with van der Waals surface area (Å²) in [5.74, 6) is -2.13. The summed E-state index contributed by atoms with van der Waals surface area (Å²) in [4.78, 5) is 26.3. The summed E-state index contributed by atoms with van der Waals surface area (Å²) in [6, 6.07) is 15.2. The largest absolute Gasteiger partial charge is 0.491 e. The van der Waals surface area contributed by atoms with Gasteiger partial charge in [-0.05, 0) is 67.9 Å². The van der Waals surface area contributed by atoms with E-state index in [2.05, 4.69) is 4.90 Å². The summed E-state index contributed by atoms with van der Waals surface area (Å²) in [5.41, 5.74) is 3.50. The first-order chi connectivity index (χ1) is 18.5. The normalized spacial score (nSPS) is 15.5. The predicted octanol–water partition coefficient (Wildman–Crippen LogP) is 6.23. The zero-order valence-corrected chi connectivity index (χ0v) is 22.3. The second-order valence-electron chi connectivity index (χ2n) is 9.09. The molecule has 3 aromatic rings. The number of carbonyl (C=O) groups is 2. The Morgan fingerprint density at radius 2 is 1.62 bits per heavy atom. The first-order valence-corrected chi connectivity index (χ1v) is 13.0. The number of nitrogens with zero attached hydrogens (tertiary/aromatic N) is 3. The van der Waals surface area contributed by atoms with E-state index in [9.17, 15) is 18.0 Å². The zero-order chi connectivity index (χ0) is 28.2. The van der Waals surface area contributed by atoms with E-state index in [4.69, 9.17) is 37.8 Å². The van der Waals surface area contributed by atoms with Crippen molar-refractivity contribution in [2.45, 2.75) is 25.6 Å². The summed E-state index contributed by atoms with van der Waals surface area (Å²) in [6.45, 7) is 5.13. The highest BCUT2D eigenvalue weighted by Crippen LogP contribution is 2.33. The number of rotatable bonds is 6. The summed E-state index contributed by atoms with van der Waals surface area (Å²) in [6.07, 6.45) is -0.522. The molecule has 0 spiro atoms. The molecular weight excluding hydrogens is 558 g/mol. The summed E-state index contributed by atoms with van der Waals surface area (Å²) >= 11 is 12.5. The van der Waals surface area contributed by atoms with Crippen LogP contribution in [-0.2, 0) is 11.3 Å². The fourth-order valence-corrected chi connectivity index (χ4v) is 4.79. The lowest BCUT2D eigenvalue weighted by atomic mass is 10.1. The number of aromatic nitrogens is 1. The molecule has 0 bridgehead atoms. The highest BCUT2D eigenvalue weighted by Gasteiger charge is 2.38. The lowest BCUT2D eigenvalue weighted by molar-refractivity contribution is -0.192. The fourth-order valence-electron chi connectivity index (χ4n) is 4.43. The number of carbonyl (C=O) groups excluding carboxylic acids is 1. The second-order valence-corrected chi connectivity index (χ2v) is 9.93. The van der Waals surface area contributed by atoms with Crippen LogP contribution in [0.4, 0.5) is 18.9 Å². The number of hydrogen-bond acceptors (Lipinski definition) is 4. The van der Waals surface area contributed by atoms with E-state index in [-0.39, 0.29) is 5.91 Å². The van der Waals surface area contributed by atoms with Gasteiger partial charge in [-0.1, -0.05) is 35.3 Å². The van der Waals surface area contributed by atoms with Crippen LogP contribution in [0, 0.1) is 0 Å². The van der Waals surface area contributed by atoms with E-state index in [1.165, 1.54) is 12.8 Å². The number of aliphatic carboxylic acids is 1. The molecule has 2 aliphatic rings. The molecule has 208 valence electrons. The Balaban J connectivity index is 0.000000448. The molecule has 0 unspecified atom stereocenters. The number of fused-ring (bicyclic) bond motifs is 1. The lowest BCUT2D eigenvalue weighted by Gasteiger charge is -2.28. The van der Waals surface area contributed by atoms with Gasteiger partial charge in [0.15, 0.2) is 0 Å². The quantitative estimate of drug-likeness (QED) is 0.372. The number of ether oxygens (including phenoxy) is 1. The van der Waals surface area contributed by atoms with Crippen LogP contribution in [0.15, 0.2) is 54.7 Å². The van der Waals surface area contributed by atoms with Gasteiger partial charge < -0.3 is 19.3 Å². The van der Waals surface area contributed by atoms with Crippen molar-refractivity contribution in [3.8, 4) is 16.9 Å². The van der Waals surface area contributed by atoms with Crippen molar-refractivity contribution >= 4 is 40.8 Å². The molecule has 1 amide bonds. The molecule has 0 aliphatic carbocycles. The van der Waals surface area contributed by atoms with Crippen LogP contribution in [0.25, 0.3) is 11.1 Å². The van der Waals surface area contributed by atoms with Crippen molar-refractivity contribution in [2.24, 2.45) is 0 Å². The van der Waals surface area contributed by atoms with Gasteiger partial charge in [-0.2, -0.15) is 13.2 Å². The van der Waals surface area contributed by atoms with Gasteiger partial charge in [0, 0.05) is 42.1 Å². The Bertz CT molecular complexity index is 1320. The Morgan fingerprint density at radius 3 is 2.23 bits per heavy atom. The van der Waals surface area contributed by atoms with Crippen molar-refractivity contribution in [1.29, 1.82) is 0 Å². The van der Waals surface area contributed by atoms with Crippen molar-refractivity contribution in [3.63, 3.8) is 0 Å². The molecule has 1 N–H and O–H groups in total. The summed E-state index contributed by atoms with van der Waals surface area (Å²) < 4.78 is 39.6. The standard InChI is InChI=1S/C25H25Cl2N3O2.C2HF3O2/c26-20-5-3-18(4-6-20)19-15-23-25(31)30(12-11-29(23)17-19)21-7-8-24(22(27)16-21)32-14-13-28-9-1-2-10-28;3-2(4,5)1(6)7/h3-8,15-17H,1-2,9-14H2;(H,6,7). The maximum absolute atomic E-state index is 13.2. The zero-order valence-electron chi connectivity index (χ0n) is 20.8. The minimum atomic E-state index is -5.08. The van der Waals surface area contributed by atoms with Gasteiger partial charge in [0.25, 0.3) is 5.91 Å².